The lowest BCUT2D eigenvalue weighted by Crippen LogP contribution is -2.28. The Hall–Kier alpha value is -2.73. The summed E-state index contributed by atoms with van der Waals surface area (Å²) in [7, 11) is 0. The van der Waals surface area contributed by atoms with Crippen LogP contribution in [-0.2, 0) is 14.3 Å². The number of nitrogens with zero attached hydrogens (tertiary/aromatic N) is 1. The molecule has 0 aromatic heterocycles. The Morgan fingerprint density at radius 3 is 2.21 bits per heavy atom. The Morgan fingerprint density at radius 1 is 1.10 bits per heavy atom. The van der Waals surface area contributed by atoms with Crippen molar-refractivity contribution in [2.75, 3.05) is 26.2 Å². The van der Waals surface area contributed by atoms with Crippen LogP contribution in [0.4, 0.5) is 4.39 Å². The fraction of sp³-hybridized carbons (Fsp3) is 0.391. The summed E-state index contributed by atoms with van der Waals surface area (Å²) in [5.74, 6) is -1.97. The highest BCUT2D eigenvalue weighted by Crippen LogP contribution is 2.26. The first-order valence-corrected chi connectivity index (χ1v) is 9.73. The van der Waals surface area contributed by atoms with Crippen LogP contribution in [-0.4, -0.2) is 48.2 Å². The molecule has 2 rings (SSSR count). The minimum Gasteiger partial charge on any atom is -0.481 e. The molecule has 1 atom stereocenters. The van der Waals surface area contributed by atoms with Crippen LogP contribution in [0, 0.1) is 5.82 Å². The molecule has 0 radical (unpaired) electrons. The number of ether oxygens (including phenoxy) is 1. The number of hydrogen-bond donors (Lipinski definition) is 1. The number of carbonyl (C=O) groups excluding carboxylic acids is 1. The molecular formula is C23H30FNO4. The van der Waals surface area contributed by atoms with E-state index in [0.29, 0.717) is 24.3 Å². The van der Waals surface area contributed by atoms with Crippen molar-refractivity contribution in [3.05, 3.63) is 59.9 Å². The van der Waals surface area contributed by atoms with Crippen molar-refractivity contribution in [3.63, 3.8) is 0 Å². The third-order valence-electron chi connectivity index (χ3n) is 4.48. The highest BCUT2D eigenvalue weighted by Gasteiger charge is 2.18. The molecular weight excluding hydrogens is 373 g/mol. The van der Waals surface area contributed by atoms with Gasteiger partial charge >= 0.3 is 5.97 Å². The van der Waals surface area contributed by atoms with E-state index in [1.807, 2.05) is 30.3 Å². The average molecular weight is 403 g/mol. The van der Waals surface area contributed by atoms with Crippen molar-refractivity contribution in [3.8, 4) is 11.1 Å². The Bertz CT molecular complexity index is 772. The molecule has 2 aromatic rings. The quantitative estimate of drug-likeness (QED) is 0.654. The summed E-state index contributed by atoms with van der Waals surface area (Å²) in [6.07, 6.45) is 0. The number of esters is 1. The SMILES string of the molecule is CC(=O)O.CCN(CC)CCOC(=O)C(C)c1ccc(-c2ccccc2)c(F)c1. The van der Waals surface area contributed by atoms with Crippen LogP contribution >= 0.6 is 0 Å². The Kier molecular flexibility index (Phi) is 10.6. The predicted octanol–water partition coefficient (Wildman–Crippen LogP) is 4.57. The van der Waals surface area contributed by atoms with E-state index in [4.69, 9.17) is 14.6 Å². The van der Waals surface area contributed by atoms with Gasteiger partial charge in [0.15, 0.2) is 0 Å². The number of aliphatic carboxylic acids is 1. The van der Waals surface area contributed by atoms with Gasteiger partial charge in [-0.15, -0.1) is 0 Å². The number of carboxylic acids is 1. The number of rotatable bonds is 8. The fourth-order valence-electron chi connectivity index (χ4n) is 2.73. The van der Waals surface area contributed by atoms with Gasteiger partial charge in [0, 0.05) is 19.0 Å². The van der Waals surface area contributed by atoms with Gasteiger partial charge in [-0.3, -0.25) is 9.59 Å². The summed E-state index contributed by atoms with van der Waals surface area (Å²) in [5.41, 5.74) is 1.98. The van der Waals surface area contributed by atoms with Crippen molar-refractivity contribution in [2.45, 2.75) is 33.6 Å². The van der Waals surface area contributed by atoms with Crippen LogP contribution in [0.3, 0.4) is 0 Å². The van der Waals surface area contributed by atoms with Crippen molar-refractivity contribution < 1.29 is 23.8 Å². The third-order valence-corrected chi connectivity index (χ3v) is 4.48. The summed E-state index contributed by atoms with van der Waals surface area (Å²) in [6.45, 7) is 9.90. The molecule has 0 aliphatic rings. The van der Waals surface area contributed by atoms with Crippen LogP contribution in [0.2, 0.25) is 0 Å². The topological polar surface area (TPSA) is 66.8 Å². The molecule has 0 aliphatic carbocycles. The fourth-order valence-corrected chi connectivity index (χ4v) is 2.73. The van der Waals surface area contributed by atoms with Crippen LogP contribution in [0.15, 0.2) is 48.5 Å². The number of likely N-dealkylation sites (N-methyl/N-ethyl adjacent to an activating group) is 1. The summed E-state index contributed by atoms with van der Waals surface area (Å²) < 4.78 is 19.8. The van der Waals surface area contributed by atoms with Crippen molar-refractivity contribution in [1.82, 2.24) is 4.90 Å². The van der Waals surface area contributed by atoms with Gasteiger partial charge in [0.1, 0.15) is 12.4 Å². The Morgan fingerprint density at radius 2 is 1.69 bits per heavy atom. The van der Waals surface area contributed by atoms with Gasteiger partial charge in [0.2, 0.25) is 0 Å². The maximum absolute atomic E-state index is 14.5. The van der Waals surface area contributed by atoms with Crippen LogP contribution in [0.5, 0.6) is 0 Å². The summed E-state index contributed by atoms with van der Waals surface area (Å²) in [4.78, 5) is 23.4. The van der Waals surface area contributed by atoms with Gasteiger partial charge in [-0.25, -0.2) is 4.39 Å². The Balaban J connectivity index is 0.000000960. The molecule has 1 N–H and O–H groups in total. The number of benzene rings is 2. The summed E-state index contributed by atoms with van der Waals surface area (Å²) >= 11 is 0. The largest absolute Gasteiger partial charge is 0.481 e. The second kappa shape index (κ2) is 12.7. The first-order chi connectivity index (χ1) is 13.8. The zero-order valence-corrected chi connectivity index (χ0v) is 17.5. The number of carboxylic acid groups (broad SMARTS) is 1. The van der Waals surface area contributed by atoms with E-state index in [-0.39, 0.29) is 11.8 Å². The van der Waals surface area contributed by atoms with E-state index >= 15 is 0 Å². The normalized spacial score (nSPS) is 11.4. The third kappa shape index (κ3) is 8.44. The summed E-state index contributed by atoms with van der Waals surface area (Å²) in [5, 5.41) is 7.42. The lowest BCUT2D eigenvalue weighted by Gasteiger charge is -2.19. The molecule has 0 saturated carbocycles. The molecule has 1 unspecified atom stereocenters. The minimum absolute atomic E-state index is 0.320. The smallest absolute Gasteiger partial charge is 0.313 e. The monoisotopic (exact) mass is 403 g/mol. The number of carbonyl (C=O) groups is 2. The highest BCUT2D eigenvalue weighted by atomic mass is 19.1. The lowest BCUT2D eigenvalue weighted by atomic mass is 9.97. The van der Waals surface area contributed by atoms with Gasteiger partial charge < -0.3 is 14.7 Å². The maximum Gasteiger partial charge on any atom is 0.313 e. The molecule has 0 heterocycles. The maximum atomic E-state index is 14.5. The molecule has 0 aliphatic heterocycles. The summed E-state index contributed by atoms with van der Waals surface area (Å²) in [6, 6.07) is 14.3. The molecule has 29 heavy (non-hydrogen) atoms. The zero-order chi connectivity index (χ0) is 21.8. The van der Waals surface area contributed by atoms with Crippen LogP contribution in [0.25, 0.3) is 11.1 Å². The van der Waals surface area contributed by atoms with Crippen molar-refractivity contribution in [2.24, 2.45) is 0 Å². The molecule has 2 aromatic carbocycles. The molecule has 0 spiro atoms. The molecule has 0 saturated heterocycles. The van der Waals surface area contributed by atoms with Gasteiger partial charge in [-0.2, -0.15) is 0 Å². The highest BCUT2D eigenvalue weighted by molar-refractivity contribution is 5.78. The lowest BCUT2D eigenvalue weighted by molar-refractivity contribution is -0.145. The van der Waals surface area contributed by atoms with E-state index in [2.05, 4.69) is 18.7 Å². The molecule has 158 valence electrons. The van der Waals surface area contributed by atoms with Gasteiger partial charge in [-0.05, 0) is 37.2 Å². The average Bonchev–Trinajstić information content (AvgIpc) is 2.70. The van der Waals surface area contributed by atoms with E-state index in [1.165, 1.54) is 6.07 Å². The molecule has 0 fully saturated rings. The van der Waals surface area contributed by atoms with Gasteiger partial charge in [-0.1, -0.05) is 56.3 Å². The molecule has 0 amide bonds. The molecule has 0 bridgehead atoms. The minimum atomic E-state index is -0.833. The van der Waals surface area contributed by atoms with Crippen molar-refractivity contribution >= 4 is 11.9 Å². The van der Waals surface area contributed by atoms with E-state index < -0.39 is 11.9 Å². The number of halogens is 1. The van der Waals surface area contributed by atoms with E-state index in [1.54, 1.807) is 19.1 Å². The van der Waals surface area contributed by atoms with Gasteiger partial charge in [0.05, 0.1) is 5.92 Å². The second-order valence-corrected chi connectivity index (χ2v) is 6.54. The standard InChI is InChI=1S/C21H26FNO2.C2H4O2/c1-4-23(5-2)13-14-25-21(24)16(3)18-11-12-19(20(22)15-18)17-9-7-6-8-10-17;1-2(3)4/h6-12,15-16H,4-5,13-14H2,1-3H3;1H3,(H,3,4). The van der Waals surface area contributed by atoms with Crippen LogP contribution < -0.4 is 0 Å². The van der Waals surface area contributed by atoms with E-state index in [9.17, 15) is 9.18 Å². The van der Waals surface area contributed by atoms with Crippen molar-refractivity contribution in [1.29, 1.82) is 0 Å². The first-order valence-electron chi connectivity index (χ1n) is 9.73. The Labute approximate surface area is 172 Å². The van der Waals surface area contributed by atoms with Gasteiger partial charge in [0.25, 0.3) is 5.97 Å². The second-order valence-electron chi connectivity index (χ2n) is 6.54. The van der Waals surface area contributed by atoms with Crippen LogP contribution in [0.1, 0.15) is 39.2 Å². The number of hydrogen-bond acceptors (Lipinski definition) is 4. The molecule has 5 nitrogen and oxygen atoms in total. The van der Waals surface area contributed by atoms with E-state index in [0.717, 1.165) is 25.6 Å². The molecule has 6 heteroatoms. The predicted molar refractivity (Wildman–Crippen MR) is 112 cm³/mol. The zero-order valence-electron chi connectivity index (χ0n) is 17.5. The first kappa shape index (κ1) is 24.3.